The highest BCUT2D eigenvalue weighted by atomic mass is 79.9. The molecular formula is C21H15BrClN3. The minimum absolute atomic E-state index is 0.684. The summed E-state index contributed by atoms with van der Waals surface area (Å²) >= 11 is 9.45. The van der Waals surface area contributed by atoms with Crippen molar-refractivity contribution >= 4 is 50.7 Å². The fourth-order valence-electron chi connectivity index (χ4n) is 2.77. The molecule has 4 rings (SSSR count). The number of benzene rings is 3. The predicted molar refractivity (Wildman–Crippen MR) is 112 cm³/mol. The molecule has 0 saturated carbocycles. The van der Waals surface area contributed by atoms with E-state index in [0.29, 0.717) is 12.5 Å². The molecular weight excluding hydrogens is 410 g/mol. The van der Waals surface area contributed by atoms with Gasteiger partial charge in [0.1, 0.15) is 0 Å². The van der Waals surface area contributed by atoms with Crippen molar-refractivity contribution in [3.8, 4) is 0 Å². The van der Waals surface area contributed by atoms with Gasteiger partial charge in [-0.3, -0.25) is 0 Å². The topological polar surface area (TPSA) is 30.2 Å². The van der Waals surface area contributed by atoms with E-state index in [2.05, 4.69) is 36.5 Å². The lowest BCUT2D eigenvalue weighted by Crippen LogP contribution is -1.99. The number of aromatic nitrogens is 2. The lowest BCUT2D eigenvalue weighted by molar-refractivity contribution is 0.827. The highest BCUT2D eigenvalue weighted by Gasteiger charge is 2.10. The van der Waals surface area contributed by atoms with Crippen molar-refractivity contribution in [1.82, 2.24) is 9.55 Å². The van der Waals surface area contributed by atoms with Crippen molar-refractivity contribution in [2.24, 2.45) is 4.99 Å². The lowest BCUT2D eigenvalue weighted by Gasteiger charge is -2.07. The molecule has 3 aromatic carbocycles. The SMILES string of the molecule is Clc1ccc(Cn2c(/N=C/c3ccc(Br)cc3)nc3ccccc32)cc1. The molecule has 0 aliphatic heterocycles. The van der Waals surface area contributed by atoms with Gasteiger partial charge in [0.25, 0.3) is 0 Å². The Labute approximate surface area is 165 Å². The number of aliphatic imine (C=N–C) groups is 1. The highest BCUT2D eigenvalue weighted by Crippen LogP contribution is 2.24. The van der Waals surface area contributed by atoms with Crippen LogP contribution < -0.4 is 0 Å². The summed E-state index contributed by atoms with van der Waals surface area (Å²) in [5.74, 6) is 0.684. The standard InChI is InChI=1S/C21H15BrClN3/c22-17-9-5-15(6-10-17)13-24-21-25-19-3-1-2-4-20(19)26(21)14-16-7-11-18(23)12-8-16/h1-13H,14H2/b24-13+. The van der Waals surface area contributed by atoms with E-state index in [1.165, 1.54) is 0 Å². The molecule has 0 aliphatic carbocycles. The van der Waals surface area contributed by atoms with E-state index in [1.54, 1.807) is 0 Å². The number of hydrogen-bond acceptors (Lipinski definition) is 2. The third-order valence-electron chi connectivity index (χ3n) is 4.09. The van der Waals surface area contributed by atoms with Gasteiger partial charge in [0.15, 0.2) is 0 Å². The first-order valence-corrected chi connectivity index (χ1v) is 9.35. The van der Waals surface area contributed by atoms with Crippen molar-refractivity contribution in [3.05, 3.63) is 93.4 Å². The van der Waals surface area contributed by atoms with E-state index < -0.39 is 0 Å². The monoisotopic (exact) mass is 423 g/mol. The Hall–Kier alpha value is -2.43. The third-order valence-corrected chi connectivity index (χ3v) is 4.87. The van der Waals surface area contributed by atoms with Gasteiger partial charge < -0.3 is 4.57 Å². The zero-order chi connectivity index (χ0) is 17.9. The first kappa shape index (κ1) is 17.0. The maximum atomic E-state index is 6.00. The van der Waals surface area contributed by atoms with Crippen LogP contribution in [-0.4, -0.2) is 15.8 Å². The molecule has 128 valence electrons. The first-order valence-electron chi connectivity index (χ1n) is 8.18. The number of rotatable bonds is 4. The number of imidazole rings is 1. The van der Waals surface area contributed by atoms with Gasteiger partial charge in [-0.1, -0.05) is 63.9 Å². The van der Waals surface area contributed by atoms with Crippen molar-refractivity contribution in [1.29, 1.82) is 0 Å². The zero-order valence-electron chi connectivity index (χ0n) is 13.8. The van der Waals surface area contributed by atoms with E-state index in [1.807, 2.05) is 72.9 Å². The molecule has 3 nitrogen and oxygen atoms in total. The summed E-state index contributed by atoms with van der Waals surface area (Å²) in [6.45, 7) is 0.685. The van der Waals surface area contributed by atoms with Gasteiger partial charge in [0, 0.05) is 15.7 Å². The number of para-hydroxylation sites is 2. The van der Waals surface area contributed by atoms with Crippen LogP contribution >= 0.6 is 27.5 Å². The fraction of sp³-hybridized carbons (Fsp3) is 0.0476. The van der Waals surface area contributed by atoms with Crippen LogP contribution in [0.5, 0.6) is 0 Å². The van der Waals surface area contributed by atoms with Gasteiger partial charge in [0.05, 0.1) is 17.6 Å². The second-order valence-electron chi connectivity index (χ2n) is 5.92. The molecule has 0 spiro atoms. The number of hydrogen-bond donors (Lipinski definition) is 0. The molecule has 4 aromatic rings. The second-order valence-corrected chi connectivity index (χ2v) is 7.27. The highest BCUT2D eigenvalue weighted by molar-refractivity contribution is 9.10. The fourth-order valence-corrected chi connectivity index (χ4v) is 3.16. The van der Waals surface area contributed by atoms with Crippen LogP contribution in [0.25, 0.3) is 11.0 Å². The largest absolute Gasteiger partial charge is 0.304 e. The van der Waals surface area contributed by atoms with Crippen molar-refractivity contribution < 1.29 is 0 Å². The molecule has 5 heteroatoms. The van der Waals surface area contributed by atoms with Crippen LogP contribution in [0.2, 0.25) is 5.02 Å². The predicted octanol–water partition coefficient (Wildman–Crippen LogP) is 6.25. The Morgan fingerprint density at radius 1 is 0.962 bits per heavy atom. The van der Waals surface area contributed by atoms with Crippen LogP contribution in [0.15, 0.2) is 82.3 Å². The van der Waals surface area contributed by atoms with E-state index >= 15 is 0 Å². The summed E-state index contributed by atoms with van der Waals surface area (Å²) < 4.78 is 3.16. The molecule has 1 heterocycles. The van der Waals surface area contributed by atoms with Crippen LogP contribution in [0.3, 0.4) is 0 Å². The first-order chi connectivity index (χ1) is 12.7. The van der Waals surface area contributed by atoms with Gasteiger partial charge >= 0.3 is 0 Å². The Kier molecular flexibility index (Phi) is 4.87. The van der Waals surface area contributed by atoms with Gasteiger partial charge in [-0.05, 0) is 47.5 Å². The van der Waals surface area contributed by atoms with Crippen LogP contribution in [-0.2, 0) is 6.54 Å². The van der Waals surface area contributed by atoms with E-state index in [0.717, 1.165) is 31.7 Å². The summed E-state index contributed by atoms with van der Waals surface area (Å²) in [6.07, 6.45) is 1.84. The van der Waals surface area contributed by atoms with Crippen LogP contribution in [0.4, 0.5) is 5.95 Å². The summed E-state index contributed by atoms with van der Waals surface area (Å²) in [5.41, 5.74) is 4.17. The summed E-state index contributed by atoms with van der Waals surface area (Å²) in [6, 6.07) is 24.0. The molecule has 0 N–H and O–H groups in total. The number of fused-ring (bicyclic) bond motifs is 1. The molecule has 0 amide bonds. The molecule has 0 saturated heterocycles. The average molecular weight is 425 g/mol. The Morgan fingerprint density at radius 2 is 1.69 bits per heavy atom. The van der Waals surface area contributed by atoms with Crippen molar-refractivity contribution in [2.75, 3.05) is 0 Å². The van der Waals surface area contributed by atoms with Crippen molar-refractivity contribution in [2.45, 2.75) is 6.54 Å². The third kappa shape index (κ3) is 3.71. The Balaban J connectivity index is 1.73. The summed E-state index contributed by atoms with van der Waals surface area (Å²) in [7, 11) is 0. The van der Waals surface area contributed by atoms with E-state index in [9.17, 15) is 0 Å². The van der Waals surface area contributed by atoms with E-state index in [-0.39, 0.29) is 0 Å². The lowest BCUT2D eigenvalue weighted by atomic mass is 10.2. The molecule has 0 bridgehead atoms. The minimum atomic E-state index is 0.684. The molecule has 0 fully saturated rings. The Bertz CT molecular complexity index is 1070. The summed E-state index contributed by atoms with van der Waals surface area (Å²) in [5, 5.41) is 0.734. The maximum absolute atomic E-state index is 6.00. The average Bonchev–Trinajstić information content (AvgIpc) is 3.01. The van der Waals surface area contributed by atoms with Crippen LogP contribution in [0, 0.1) is 0 Å². The van der Waals surface area contributed by atoms with Gasteiger partial charge in [-0.15, -0.1) is 0 Å². The molecule has 1 aromatic heterocycles. The number of halogens is 2. The van der Waals surface area contributed by atoms with Crippen molar-refractivity contribution in [3.63, 3.8) is 0 Å². The van der Waals surface area contributed by atoms with E-state index in [4.69, 9.17) is 11.6 Å². The second kappa shape index (κ2) is 7.44. The molecule has 0 aliphatic rings. The zero-order valence-corrected chi connectivity index (χ0v) is 16.2. The van der Waals surface area contributed by atoms with Gasteiger partial charge in [-0.2, -0.15) is 0 Å². The quantitative estimate of drug-likeness (QED) is 0.356. The molecule has 0 radical (unpaired) electrons. The smallest absolute Gasteiger partial charge is 0.230 e. The summed E-state index contributed by atoms with van der Waals surface area (Å²) in [4.78, 5) is 9.33. The number of nitrogens with zero attached hydrogens (tertiary/aromatic N) is 3. The molecule has 0 unspecified atom stereocenters. The minimum Gasteiger partial charge on any atom is -0.304 e. The van der Waals surface area contributed by atoms with Gasteiger partial charge in [-0.25, -0.2) is 9.98 Å². The maximum Gasteiger partial charge on any atom is 0.230 e. The molecule has 26 heavy (non-hydrogen) atoms. The molecule has 0 atom stereocenters. The normalized spacial score (nSPS) is 11.5. The van der Waals surface area contributed by atoms with Crippen LogP contribution in [0.1, 0.15) is 11.1 Å². The Morgan fingerprint density at radius 3 is 2.46 bits per heavy atom. The van der Waals surface area contributed by atoms with Gasteiger partial charge in [0.2, 0.25) is 5.95 Å².